The minimum atomic E-state index is -1.02. The molecule has 0 fully saturated rings. The maximum absolute atomic E-state index is 5.92. The molecule has 70 valence electrons. The summed E-state index contributed by atoms with van der Waals surface area (Å²) < 4.78 is 5.30. The zero-order valence-corrected chi connectivity index (χ0v) is 13.1. The zero-order chi connectivity index (χ0) is 10.3. The van der Waals surface area contributed by atoms with Gasteiger partial charge in [0.05, 0.1) is 0 Å². The predicted octanol–water partition coefficient (Wildman–Crippen LogP) is 2.32. The van der Waals surface area contributed by atoms with Gasteiger partial charge in [0.1, 0.15) is 0 Å². The van der Waals surface area contributed by atoms with Crippen LogP contribution in [0.5, 0.6) is 0 Å². The summed E-state index contributed by atoms with van der Waals surface area (Å²) in [7, 11) is 0. The van der Waals surface area contributed by atoms with Gasteiger partial charge in [-0.1, -0.05) is 0 Å². The molecule has 0 saturated heterocycles. The van der Waals surface area contributed by atoms with E-state index in [1.54, 1.807) is 11.8 Å². The molecular weight excluding hydrogens is 404 g/mol. The Morgan fingerprint density at radius 1 is 1.54 bits per heavy atom. The van der Waals surface area contributed by atoms with Crippen LogP contribution < -0.4 is 5.73 Å². The predicted molar refractivity (Wildman–Crippen MR) is 61.6 cm³/mol. The van der Waals surface area contributed by atoms with Crippen LogP contribution in [0.1, 0.15) is 13.8 Å². The Bertz CT molecular complexity index is 296. The summed E-state index contributed by atoms with van der Waals surface area (Å²) in [6.07, 6.45) is 4.05. The monoisotopic (exact) mass is 419 g/mol. The number of rotatable bonds is 4. The van der Waals surface area contributed by atoms with E-state index in [-0.39, 0.29) is 0 Å². The van der Waals surface area contributed by atoms with Gasteiger partial charge in [0.2, 0.25) is 0 Å². The summed E-state index contributed by atoms with van der Waals surface area (Å²) in [5, 5.41) is 1.82. The molecule has 0 spiro atoms. The van der Waals surface area contributed by atoms with Gasteiger partial charge in [-0.2, -0.15) is 0 Å². The molecule has 0 saturated carbocycles. The van der Waals surface area contributed by atoms with Crippen LogP contribution in [0.25, 0.3) is 0 Å². The zero-order valence-electron chi connectivity index (χ0n) is 8.13. The molecule has 3 heteroatoms. The van der Waals surface area contributed by atoms with E-state index < -0.39 is 26.7 Å². The number of hydrogen-bond donors (Lipinski definition) is 1. The minimum absolute atomic E-state index is 0.880. The third-order valence-corrected chi connectivity index (χ3v) is 7.46. The van der Waals surface area contributed by atoms with Crippen LogP contribution in [-0.2, 0) is 0 Å². The summed E-state index contributed by atoms with van der Waals surface area (Å²) in [4.78, 5) is 0. The van der Waals surface area contributed by atoms with Gasteiger partial charge in [0.15, 0.2) is 0 Å². The van der Waals surface area contributed by atoms with Crippen LogP contribution in [0, 0.1) is 26.7 Å². The third-order valence-electron chi connectivity index (χ3n) is 1.46. The van der Waals surface area contributed by atoms with E-state index in [1.807, 2.05) is 31.4 Å². The van der Waals surface area contributed by atoms with E-state index in [2.05, 4.69) is 10.1 Å². The van der Waals surface area contributed by atoms with Crippen LogP contribution in [0.4, 0.5) is 0 Å². The molecule has 0 aliphatic rings. The average molecular weight is 419 g/mol. The van der Waals surface area contributed by atoms with Crippen molar-refractivity contribution in [1.29, 1.82) is 0 Å². The van der Waals surface area contributed by atoms with Gasteiger partial charge in [0, 0.05) is 0 Å². The summed E-state index contributed by atoms with van der Waals surface area (Å²) >= 11 is 0.603. The second-order valence-corrected chi connectivity index (χ2v) is 8.46. The Hall–Kier alpha value is 0.162. The van der Waals surface area contributed by atoms with Crippen molar-refractivity contribution in [2.24, 2.45) is 5.73 Å². The van der Waals surface area contributed by atoms with Crippen LogP contribution in [0.2, 0.25) is 0 Å². The van der Waals surface area contributed by atoms with E-state index in [0.29, 0.717) is 0 Å². The molecule has 0 aliphatic carbocycles. The van der Waals surface area contributed by atoms with Crippen molar-refractivity contribution in [3.63, 3.8) is 0 Å². The number of allylic oxidation sites excluding steroid dienone is 3. The molecule has 0 amide bonds. The number of thioether (sulfide) groups is 1. The molecule has 0 aliphatic heterocycles. The van der Waals surface area contributed by atoms with Gasteiger partial charge in [0.25, 0.3) is 0 Å². The van der Waals surface area contributed by atoms with E-state index in [0.717, 1.165) is 5.70 Å². The molecule has 0 aromatic rings. The number of hydrogen-bond acceptors (Lipinski definition) is 2. The topological polar surface area (TPSA) is 26.0 Å². The van der Waals surface area contributed by atoms with Gasteiger partial charge >= 0.3 is 98.9 Å². The Labute approximate surface area is 98.1 Å². The molecule has 0 heterocycles. The van der Waals surface area contributed by atoms with E-state index >= 15 is 0 Å². The summed E-state index contributed by atoms with van der Waals surface area (Å²) in [6.45, 7) is 7.73. The van der Waals surface area contributed by atoms with Crippen molar-refractivity contribution in [2.75, 3.05) is 0 Å². The molecule has 0 aromatic heterocycles. The Morgan fingerprint density at radius 3 is 2.54 bits per heavy atom. The van der Waals surface area contributed by atoms with E-state index in [9.17, 15) is 0 Å². The van der Waals surface area contributed by atoms with Crippen LogP contribution >= 0.6 is 11.8 Å². The molecule has 0 bridgehead atoms. The molecule has 0 radical (unpaired) electrons. The van der Waals surface area contributed by atoms with Gasteiger partial charge in [-0.15, -0.1) is 0 Å². The van der Waals surface area contributed by atoms with Gasteiger partial charge in [-0.3, -0.25) is 0 Å². The number of nitrogens with two attached hydrogens (primary N) is 1. The van der Waals surface area contributed by atoms with E-state index in [1.165, 1.54) is 7.43 Å². The quantitative estimate of drug-likeness (QED) is 0.708. The van der Waals surface area contributed by atoms with Crippen molar-refractivity contribution in [2.45, 2.75) is 13.8 Å². The fourth-order valence-electron chi connectivity index (χ4n) is 0.689. The SMILES string of the molecule is C=CS[C](=[U]=[CH2])/C(N)=C\C(C)=C/C. The van der Waals surface area contributed by atoms with Crippen LogP contribution in [0.3, 0.4) is 0 Å². The van der Waals surface area contributed by atoms with Gasteiger partial charge in [-0.05, 0) is 0 Å². The van der Waals surface area contributed by atoms with Crippen molar-refractivity contribution in [1.82, 2.24) is 0 Å². The molecule has 0 rings (SSSR count). The molecule has 0 aromatic carbocycles. The molecule has 2 N–H and O–H groups in total. The van der Waals surface area contributed by atoms with E-state index in [4.69, 9.17) is 5.73 Å². The van der Waals surface area contributed by atoms with Gasteiger partial charge in [-0.25, -0.2) is 0 Å². The van der Waals surface area contributed by atoms with Crippen molar-refractivity contribution >= 4 is 17.1 Å². The molecule has 0 unspecified atom stereocenters. The first kappa shape index (κ1) is 13.2. The molecule has 1 nitrogen and oxygen atoms in total. The fourth-order valence-corrected chi connectivity index (χ4v) is 4.37. The standard InChI is InChI=1S/C9H13NS.CH2.U/c1-4-8(3)6-9(10)7-11-5-2;;/h4-6H,2,10H2,1,3H3;1H2;/b8-4-,9-6+;;. The Morgan fingerprint density at radius 2 is 2.15 bits per heavy atom. The summed E-state index contributed by atoms with van der Waals surface area (Å²) in [5.41, 5.74) is 7.99. The second-order valence-electron chi connectivity index (χ2n) is 2.42. The van der Waals surface area contributed by atoms with Crippen LogP contribution in [-0.4, -0.2) is 5.39 Å². The first-order valence-corrected chi connectivity index (χ1v) is 9.84. The third kappa shape index (κ3) is 5.46. The average Bonchev–Trinajstić information content (AvgIpc) is 2.13. The normalized spacial score (nSPS) is 12.2. The molecule has 0 atom stereocenters. The first-order valence-electron chi connectivity index (χ1n) is 3.93. The Kier molecular flexibility index (Phi) is 7.65. The first-order chi connectivity index (χ1) is 6.15. The van der Waals surface area contributed by atoms with Crippen molar-refractivity contribution < 1.29 is 26.7 Å². The molecular formula is C10H15NSU. The van der Waals surface area contributed by atoms with Crippen LogP contribution in [0.15, 0.2) is 35.4 Å². The fraction of sp³-hybridized carbons (Fsp3) is 0.200. The summed E-state index contributed by atoms with van der Waals surface area (Å²) in [5.74, 6) is 0. The van der Waals surface area contributed by atoms with Crippen molar-refractivity contribution in [3.8, 4) is 0 Å². The summed E-state index contributed by atoms with van der Waals surface area (Å²) in [6, 6.07) is 0. The molecule has 13 heavy (non-hydrogen) atoms. The van der Waals surface area contributed by atoms with Crippen molar-refractivity contribution in [3.05, 3.63) is 35.4 Å². The maximum atomic E-state index is 5.92. The van der Waals surface area contributed by atoms with Gasteiger partial charge < -0.3 is 0 Å². The second kappa shape index (κ2) is 7.56. The Balaban J connectivity index is 4.75.